The number of carbonyl (C=O) groups is 1. The lowest BCUT2D eigenvalue weighted by Crippen LogP contribution is -2.29. The van der Waals surface area contributed by atoms with Gasteiger partial charge in [0.2, 0.25) is 0 Å². The van der Waals surface area contributed by atoms with Gasteiger partial charge in [0.05, 0.1) is 18.4 Å². The second-order valence-corrected chi connectivity index (χ2v) is 5.24. The summed E-state index contributed by atoms with van der Waals surface area (Å²) in [6.45, 7) is 0. The first kappa shape index (κ1) is 8.99. The van der Waals surface area contributed by atoms with E-state index >= 15 is 0 Å². The Morgan fingerprint density at radius 3 is 3.12 bits per heavy atom. The van der Waals surface area contributed by atoms with E-state index in [1.807, 2.05) is 6.07 Å². The van der Waals surface area contributed by atoms with Crippen LogP contribution < -0.4 is 0 Å². The minimum atomic E-state index is -0.0994. The van der Waals surface area contributed by atoms with Crippen molar-refractivity contribution < 1.29 is 13.9 Å². The van der Waals surface area contributed by atoms with Crippen molar-refractivity contribution in [3.8, 4) is 0 Å². The van der Waals surface area contributed by atoms with E-state index in [9.17, 15) is 4.79 Å². The standard InChI is InChI=1S/C13H14O3/c14-11-10(8-4-6-15-7-8)9-3-1-2-5-13(9)12(11)16-13/h4,6-7,9-10,12H,1-3,5H2/t9-,10-,12+,13-/m0/s1. The molecule has 3 fully saturated rings. The molecule has 84 valence electrons. The van der Waals surface area contributed by atoms with Gasteiger partial charge in [0, 0.05) is 11.5 Å². The van der Waals surface area contributed by atoms with Gasteiger partial charge in [0.15, 0.2) is 5.78 Å². The molecule has 0 aromatic carbocycles. The number of hydrogen-bond acceptors (Lipinski definition) is 3. The van der Waals surface area contributed by atoms with Crippen molar-refractivity contribution in [2.24, 2.45) is 5.92 Å². The Morgan fingerprint density at radius 2 is 2.31 bits per heavy atom. The number of carbonyl (C=O) groups excluding carboxylic acids is 1. The van der Waals surface area contributed by atoms with Gasteiger partial charge in [-0.2, -0.15) is 0 Å². The van der Waals surface area contributed by atoms with Crippen LogP contribution in [0.5, 0.6) is 0 Å². The van der Waals surface area contributed by atoms with E-state index < -0.39 is 0 Å². The lowest BCUT2D eigenvalue weighted by molar-refractivity contribution is -0.122. The van der Waals surface area contributed by atoms with Gasteiger partial charge in [-0.05, 0) is 18.9 Å². The second kappa shape index (κ2) is 2.77. The average molecular weight is 218 g/mol. The molecule has 3 aliphatic rings. The Hall–Kier alpha value is -1.09. The predicted octanol–water partition coefficient (Wildman–Crippen LogP) is 2.27. The highest BCUT2D eigenvalue weighted by atomic mass is 16.6. The van der Waals surface area contributed by atoms with Crippen molar-refractivity contribution in [1.29, 1.82) is 0 Å². The molecule has 4 atom stereocenters. The van der Waals surface area contributed by atoms with E-state index in [-0.39, 0.29) is 23.4 Å². The van der Waals surface area contributed by atoms with Crippen molar-refractivity contribution in [3.05, 3.63) is 24.2 Å². The molecule has 4 rings (SSSR count). The summed E-state index contributed by atoms with van der Waals surface area (Å²) in [6.07, 6.45) is 7.90. The van der Waals surface area contributed by atoms with Crippen LogP contribution in [0.25, 0.3) is 0 Å². The minimum absolute atomic E-state index is 0.0396. The van der Waals surface area contributed by atoms with Crippen molar-refractivity contribution in [3.63, 3.8) is 0 Å². The maximum Gasteiger partial charge on any atom is 0.172 e. The quantitative estimate of drug-likeness (QED) is 0.679. The molecule has 0 N–H and O–H groups in total. The first-order valence-electron chi connectivity index (χ1n) is 6.06. The molecule has 3 nitrogen and oxygen atoms in total. The van der Waals surface area contributed by atoms with Gasteiger partial charge < -0.3 is 9.15 Å². The Labute approximate surface area is 93.8 Å². The van der Waals surface area contributed by atoms with Gasteiger partial charge in [-0.1, -0.05) is 12.8 Å². The molecule has 1 aromatic heterocycles. The molecule has 0 radical (unpaired) electrons. The fourth-order valence-corrected chi connectivity index (χ4v) is 3.81. The van der Waals surface area contributed by atoms with Gasteiger partial charge in [0.1, 0.15) is 11.7 Å². The summed E-state index contributed by atoms with van der Waals surface area (Å²) in [4.78, 5) is 12.2. The average Bonchev–Trinajstić information content (AvgIpc) is 2.72. The first-order valence-corrected chi connectivity index (χ1v) is 6.06. The van der Waals surface area contributed by atoms with Gasteiger partial charge >= 0.3 is 0 Å². The van der Waals surface area contributed by atoms with Gasteiger partial charge in [-0.25, -0.2) is 0 Å². The van der Waals surface area contributed by atoms with Crippen LogP contribution in [0, 0.1) is 5.92 Å². The molecule has 0 bridgehead atoms. The zero-order chi connectivity index (χ0) is 10.8. The molecule has 16 heavy (non-hydrogen) atoms. The number of ether oxygens (including phenoxy) is 1. The summed E-state index contributed by atoms with van der Waals surface area (Å²) >= 11 is 0. The highest BCUT2D eigenvalue weighted by molar-refractivity contribution is 5.97. The van der Waals surface area contributed by atoms with E-state index in [4.69, 9.17) is 9.15 Å². The Morgan fingerprint density at radius 1 is 1.38 bits per heavy atom. The Balaban J connectivity index is 1.76. The number of epoxide rings is 1. The number of ketones is 1. The van der Waals surface area contributed by atoms with E-state index in [0.717, 1.165) is 18.4 Å². The van der Waals surface area contributed by atoms with Crippen LogP contribution in [-0.2, 0) is 9.53 Å². The molecule has 2 saturated carbocycles. The third kappa shape index (κ3) is 0.908. The molecule has 3 heteroatoms. The van der Waals surface area contributed by atoms with Crippen LogP contribution in [0.2, 0.25) is 0 Å². The van der Waals surface area contributed by atoms with E-state index in [1.165, 1.54) is 12.8 Å². The van der Waals surface area contributed by atoms with Crippen LogP contribution in [0.15, 0.2) is 23.0 Å². The number of rotatable bonds is 1. The molecule has 1 saturated heterocycles. The minimum Gasteiger partial charge on any atom is -0.472 e. The highest BCUT2D eigenvalue weighted by Crippen LogP contribution is 2.63. The number of hydrogen-bond donors (Lipinski definition) is 0. The van der Waals surface area contributed by atoms with Crippen LogP contribution in [-0.4, -0.2) is 17.5 Å². The topological polar surface area (TPSA) is 42.7 Å². The maximum absolute atomic E-state index is 12.2. The molecular weight excluding hydrogens is 204 g/mol. The summed E-state index contributed by atoms with van der Waals surface area (Å²) < 4.78 is 10.8. The fourth-order valence-electron chi connectivity index (χ4n) is 3.81. The zero-order valence-corrected chi connectivity index (χ0v) is 9.02. The van der Waals surface area contributed by atoms with E-state index in [2.05, 4.69) is 0 Å². The highest BCUT2D eigenvalue weighted by Gasteiger charge is 2.73. The summed E-state index contributed by atoms with van der Waals surface area (Å²) in [7, 11) is 0. The number of furan rings is 1. The molecule has 0 unspecified atom stereocenters. The molecule has 1 aromatic rings. The van der Waals surface area contributed by atoms with Crippen molar-refractivity contribution >= 4 is 5.78 Å². The normalized spacial score (nSPS) is 45.2. The molecule has 1 spiro atoms. The summed E-state index contributed by atoms with van der Waals surface area (Å²) in [5, 5.41) is 0. The molecule has 2 heterocycles. The lowest BCUT2D eigenvalue weighted by atomic mass is 9.75. The van der Waals surface area contributed by atoms with E-state index in [1.54, 1.807) is 12.5 Å². The third-order valence-corrected chi connectivity index (χ3v) is 4.55. The Kier molecular flexibility index (Phi) is 1.56. The van der Waals surface area contributed by atoms with Crippen molar-refractivity contribution in [2.75, 3.05) is 0 Å². The van der Waals surface area contributed by atoms with E-state index in [0.29, 0.717) is 5.92 Å². The Bertz CT molecular complexity index is 436. The number of Topliss-reactive ketones (excluding diaryl/α,β-unsaturated/α-hetero) is 1. The predicted molar refractivity (Wildman–Crippen MR) is 56.0 cm³/mol. The summed E-state index contributed by atoms with van der Waals surface area (Å²) in [5.74, 6) is 0.724. The van der Waals surface area contributed by atoms with Crippen LogP contribution in [0.3, 0.4) is 0 Å². The van der Waals surface area contributed by atoms with Crippen molar-refractivity contribution in [2.45, 2.75) is 43.3 Å². The zero-order valence-electron chi connectivity index (χ0n) is 9.02. The summed E-state index contributed by atoms with van der Waals surface area (Å²) in [5.41, 5.74) is 0.976. The first-order chi connectivity index (χ1) is 7.83. The van der Waals surface area contributed by atoms with Crippen molar-refractivity contribution in [1.82, 2.24) is 0 Å². The third-order valence-electron chi connectivity index (χ3n) is 4.55. The fraction of sp³-hybridized carbons (Fsp3) is 0.615. The summed E-state index contributed by atoms with van der Waals surface area (Å²) in [6, 6.07) is 1.93. The maximum atomic E-state index is 12.2. The molecule has 1 aliphatic heterocycles. The SMILES string of the molecule is O=C1[C@H]2O[C@]23CCCC[C@H]3[C@@H]1c1ccoc1. The smallest absolute Gasteiger partial charge is 0.172 e. The molecule has 0 amide bonds. The molecular formula is C13H14O3. The van der Waals surface area contributed by atoms with Crippen LogP contribution in [0.1, 0.15) is 37.2 Å². The second-order valence-electron chi connectivity index (χ2n) is 5.24. The van der Waals surface area contributed by atoms with Crippen LogP contribution >= 0.6 is 0 Å². The van der Waals surface area contributed by atoms with Crippen LogP contribution in [0.4, 0.5) is 0 Å². The van der Waals surface area contributed by atoms with Gasteiger partial charge in [-0.15, -0.1) is 0 Å². The van der Waals surface area contributed by atoms with Gasteiger partial charge in [0.25, 0.3) is 0 Å². The lowest BCUT2D eigenvalue weighted by Gasteiger charge is -2.29. The largest absolute Gasteiger partial charge is 0.472 e. The monoisotopic (exact) mass is 218 g/mol. The van der Waals surface area contributed by atoms with Gasteiger partial charge in [-0.3, -0.25) is 4.79 Å². The molecule has 2 aliphatic carbocycles.